The monoisotopic (exact) mass is 357 g/mol. The Morgan fingerprint density at radius 3 is 2.00 bits per heavy atom. The molecule has 0 amide bonds. The maximum atomic E-state index is 12.5. The van der Waals surface area contributed by atoms with Crippen LogP contribution >= 0.6 is 15.9 Å². The van der Waals surface area contributed by atoms with Crippen molar-refractivity contribution in [1.29, 1.82) is 0 Å². The van der Waals surface area contributed by atoms with Gasteiger partial charge in [0.25, 0.3) is 0 Å². The Morgan fingerprint density at radius 1 is 0.952 bits per heavy atom. The number of benzene rings is 2. The molecule has 0 spiro atoms. The summed E-state index contributed by atoms with van der Waals surface area (Å²) in [7, 11) is 0. The predicted octanol–water partition coefficient (Wildman–Crippen LogP) is 4.75. The lowest BCUT2D eigenvalue weighted by molar-refractivity contribution is -0.137. The van der Waals surface area contributed by atoms with Gasteiger partial charge in [0.1, 0.15) is 0 Å². The number of rotatable bonds is 4. The second kappa shape index (κ2) is 6.62. The molecule has 0 bridgehead atoms. The molecule has 1 unspecified atom stereocenters. The van der Waals surface area contributed by atoms with Crippen molar-refractivity contribution in [2.45, 2.75) is 18.5 Å². The molecule has 0 heterocycles. The fraction of sp³-hybridized carbons (Fsp3) is 0.250. The molecule has 1 atom stereocenters. The first-order chi connectivity index (χ1) is 9.90. The maximum absolute atomic E-state index is 12.5. The summed E-state index contributed by atoms with van der Waals surface area (Å²) >= 11 is 3.37. The summed E-state index contributed by atoms with van der Waals surface area (Å²) in [6, 6.07) is 13.1. The zero-order valence-corrected chi connectivity index (χ0v) is 12.8. The first-order valence-corrected chi connectivity index (χ1v) is 7.31. The highest BCUT2D eigenvalue weighted by Crippen LogP contribution is 2.30. The quantitative estimate of drug-likeness (QED) is 0.839. The summed E-state index contributed by atoms with van der Waals surface area (Å²) in [5.74, 6) is 0.0924. The van der Waals surface area contributed by atoms with Gasteiger partial charge in [-0.15, -0.1) is 0 Å². The average molecular weight is 358 g/mol. The highest BCUT2D eigenvalue weighted by atomic mass is 79.9. The van der Waals surface area contributed by atoms with E-state index in [1.54, 1.807) is 0 Å². The number of alkyl halides is 3. The van der Waals surface area contributed by atoms with Crippen LogP contribution in [0.15, 0.2) is 53.0 Å². The molecule has 112 valence electrons. The molecular weight excluding hydrogens is 343 g/mol. The Kier molecular flexibility index (Phi) is 5.06. The average Bonchev–Trinajstić information content (AvgIpc) is 2.45. The van der Waals surface area contributed by atoms with E-state index in [9.17, 15) is 13.2 Å². The topological polar surface area (TPSA) is 26.0 Å². The summed E-state index contributed by atoms with van der Waals surface area (Å²) < 4.78 is 38.6. The second-order valence-electron chi connectivity index (χ2n) is 4.88. The number of nitrogens with two attached hydrogens (primary N) is 1. The van der Waals surface area contributed by atoms with Crippen molar-refractivity contribution in [3.8, 4) is 0 Å². The third kappa shape index (κ3) is 4.32. The molecule has 0 aliphatic heterocycles. The lowest BCUT2D eigenvalue weighted by Gasteiger charge is -2.16. The van der Waals surface area contributed by atoms with Crippen molar-refractivity contribution in [2.75, 3.05) is 6.54 Å². The summed E-state index contributed by atoms with van der Waals surface area (Å²) in [6.07, 6.45) is -3.67. The van der Waals surface area contributed by atoms with Gasteiger partial charge < -0.3 is 5.73 Å². The predicted molar refractivity (Wildman–Crippen MR) is 81.1 cm³/mol. The van der Waals surface area contributed by atoms with Gasteiger partial charge in [-0.1, -0.05) is 40.2 Å². The van der Waals surface area contributed by atoms with Crippen LogP contribution in [-0.4, -0.2) is 6.54 Å². The molecule has 2 rings (SSSR count). The SMILES string of the molecule is NCC(Cc1ccc(C(F)(F)F)cc1)c1ccc(Br)cc1. The number of hydrogen-bond donors (Lipinski definition) is 1. The fourth-order valence-electron chi connectivity index (χ4n) is 2.19. The molecular formula is C16H15BrF3N. The maximum Gasteiger partial charge on any atom is 0.416 e. The zero-order valence-electron chi connectivity index (χ0n) is 11.2. The van der Waals surface area contributed by atoms with Gasteiger partial charge in [0, 0.05) is 10.4 Å². The highest BCUT2D eigenvalue weighted by Gasteiger charge is 2.29. The van der Waals surface area contributed by atoms with Crippen molar-refractivity contribution in [3.05, 3.63) is 69.7 Å². The van der Waals surface area contributed by atoms with Gasteiger partial charge in [-0.3, -0.25) is 0 Å². The summed E-state index contributed by atoms with van der Waals surface area (Å²) in [5.41, 5.74) is 7.10. The molecule has 5 heteroatoms. The minimum absolute atomic E-state index is 0.0924. The van der Waals surface area contributed by atoms with Crippen LogP contribution in [0.1, 0.15) is 22.6 Å². The number of hydrogen-bond acceptors (Lipinski definition) is 1. The summed E-state index contributed by atoms with van der Waals surface area (Å²) in [6.45, 7) is 0.447. The van der Waals surface area contributed by atoms with E-state index in [0.717, 1.165) is 27.7 Å². The lowest BCUT2D eigenvalue weighted by atomic mass is 9.92. The minimum Gasteiger partial charge on any atom is -0.330 e. The van der Waals surface area contributed by atoms with Crippen LogP contribution in [0.3, 0.4) is 0 Å². The van der Waals surface area contributed by atoms with Gasteiger partial charge in [-0.2, -0.15) is 13.2 Å². The first-order valence-electron chi connectivity index (χ1n) is 6.52. The van der Waals surface area contributed by atoms with Gasteiger partial charge >= 0.3 is 6.18 Å². The Morgan fingerprint density at radius 2 is 1.52 bits per heavy atom. The molecule has 2 N–H and O–H groups in total. The van der Waals surface area contributed by atoms with E-state index in [1.165, 1.54) is 12.1 Å². The van der Waals surface area contributed by atoms with Crippen LogP contribution in [0, 0.1) is 0 Å². The second-order valence-corrected chi connectivity index (χ2v) is 5.80. The van der Waals surface area contributed by atoms with Gasteiger partial charge in [0.15, 0.2) is 0 Å². The molecule has 0 aliphatic rings. The van der Waals surface area contributed by atoms with Crippen LogP contribution in [0.5, 0.6) is 0 Å². The molecule has 0 aliphatic carbocycles. The van der Waals surface area contributed by atoms with Crippen molar-refractivity contribution in [2.24, 2.45) is 5.73 Å². The first kappa shape index (κ1) is 16.0. The van der Waals surface area contributed by atoms with Crippen LogP contribution in [-0.2, 0) is 12.6 Å². The third-order valence-electron chi connectivity index (χ3n) is 3.39. The van der Waals surface area contributed by atoms with Crippen LogP contribution in [0.4, 0.5) is 13.2 Å². The largest absolute Gasteiger partial charge is 0.416 e. The van der Waals surface area contributed by atoms with Crippen molar-refractivity contribution in [3.63, 3.8) is 0 Å². The van der Waals surface area contributed by atoms with E-state index in [1.807, 2.05) is 24.3 Å². The van der Waals surface area contributed by atoms with Crippen LogP contribution in [0.25, 0.3) is 0 Å². The Balaban J connectivity index is 2.13. The van der Waals surface area contributed by atoms with E-state index in [-0.39, 0.29) is 5.92 Å². The van der Waals surface area contributed by atoms with E-state index in [2.05, 4.69) is 15.9 Å². The van der Waals surface area contributed by atoms with Crippen molar-refractivity contribution >= 4 is 15.9 Å². The van der Waals surface area contributed by atoms with Crippen LogP contribution in [0.2, 0.25) is 0 Å². The molecule has 0 saturated heterocycles. The Hall–Kier alpha value is -1.33. The van der Waals surface area contributed by atoms with Crippen LogP contribution < -0.4 is 5.73 Å². The molecule has 2 aromatic rings. The molecule has 0 saturated carbocycles. The normalized spacial score (nSPS) is 13.2. The standard InChI is InChI=1S/C16H15BrF3N/c17-15-7-3-12(4-8-15)13(10-21)9-11-1-5-14(6-2-11)16(18,19)20/h1-8,13H,9-10,21H2. The Labute approximate surface area is 130 Å². The molecule has 0 radical (unpaired) electrons. The smallest absolute Gasteiger partial charge is 0.330 e. The molecule has 1 nitrogen and oxygen atoms in total. The van der Waals surface area contributed by atoms with E-state index in [4.69, 9.17) is 5.73 Å². The van der Waals surface area contributed by atoms with Gasteiger partial charge in [-0.25, -0.2) is 0 Å². The number of halogens is 4. The lowest BCUT2D eigenvalue weighted by Crippen LogP contribution is -2.15. The van der Waals surface area contributed by atoms with E-state index >= 15 is 0 Å². The van der Waals surface area contributed by atoms with Gasteiger partial charge in [0.05, 0.1) is 5.56 Å². The minimum atomic E-state index is -4.29. The molecule has 2 aromatic carbocycles. The highest BCUT2D eigenvalue weighted by molar-refractivity contribution is 9.10. The van der Waals surface area contributed by atoms with Crippen molar-refractivity contribution in [1.82, 2.24) is 0 Å². The van der Waals surface area contributed by atoms with Crippen molar-refractivity contribution < 1.29 is 13.2 Å². The molecule has 21 heavy (non-hydrogen) atoms. The molecule has 0 fully saturated rings. The molecule has 0 aromatic heterocycles. The van der Waals surface area contributed by atoms with E-state index < -0.39 is 11.7 Å². The Bertz CT molecular complexity index is 576. The van der Waals surface area contributed by atoms with Gasteiger partial charge in [0.2, 0.25) is 0 Å². The van der Waals surface area contributed by atoms with E-state index in [0.29, 0.717) is 13.0 Å². The zero-order chi connectivity index (χ0) is 15.5. The van der Waals surface area contributed by atoms with Gasteiger partial charge in [-0.05, 0) is 48.4 Å². The fourth-order valence-corrected chi connectivity index (χ4v) is 2.45. The summed E-state index contributed by atoms with van der Waals surface area (Å²) in [4.78, 5) is 0. The summed E-state index contributed by atoms with van der Waals surface area (Å²) in [5, 5.41) is 0. The third-order valence-corrected chi connectivity index (χ3v) is 3.92.